The number of hydrogen-bond acceptors (Lipinski definition) is 4. The van der Waals surface area contributed by atoms with Gasteiger partial charge < -0.3 is 19.2 Å². The van der Waals surface area contributed by atoms with Crippen molar-refractivity contribution in [2.75, 3.05) is 26.3 Å². The van der Waals surface area contributed by atoms with Gasteiger partial charge in [0.1, 0.15) is 5.69 Å². The Balaban J connectivity index is 1.88. The first-order valence-corrected chi connectivity index (χ1v) is 10.2. The number of aromatic amines is 1. The summed E-state index contributed by atoms with van der Waals surface area (Å²) < 4.78 is 8.11. The van der Waals surface area contributed by atoms with Crippen molar-refractivity contribution in [2.24, 2.45) is 7.05 Å². The summed E-state index contributed by atoms with van der Waals surface area (Å²) in [5.41, 5.74) is 0.495. The molecule has 0 atom stereocenters. The predicted molar refractivity (Wildman–Crippen MR) is 118 cm³/mol. The average Bonchev–Trinajstić information content (AvgIpc) is 3.05. The monoisotopic (exact) mass is 438 g/mol. The van der Waals surface area contributed by atoms with Crippen molar-refractivity contribution in [1.29, 1.82) is 0 Å². The molecule has 0 spiro atoms. The van der Waals surface area contributed by atoms with E-state index in [2.05, 4.69) is 4.98 Å². The number of aromatic nitrogens is 3. The number of nitrogens with one attached hydrogen (secondary N) is 1. The van der Waals surface area contributed by atoms with Crippen LogP contribution in [0.4, 0.5) is 0 Å². The highest BCUT2D eigenvalue weighted by atomic mass is 35.5. The molecular weight excluding hydrogens is 420 g/mol. The number of para-hydroxylation sites is 1. The maximum Gasteiger partial charge on any atom is 0.333 e. The average molecular weight is 439 g/mol. The van der Waals surface area contributed by atoms with Gasteiger partial charge in [-0.2, -0.15) is 0 Å². The maximum absolute atomic E-state index is 13.5. The van der Waals surface area contributed by atoms with Crippen LogP contribution in [0.2, 0.25) is 5.02 Å². The highest BCUT2D eigenvalue weighted by Gasteiger charge is 2.29. The molecule has 1 N–H and O–H groups in total. The molecule has 0 aliphatic carbocycles. The Labute approximate surface area is 181 Å². The Hall–Kier alpha value is -3.36. The van der Waals surface area contributed by atoms with E-state index < -0.39 is 11.2 Å². The third-order valence-electron chi connectivity index (χ3n) is 5.66. The zero-order chi connectivity index (χ0) is 21.7. The van der Waals surface area contributed by atoms with Gasteiger partial charge in [0.15, 0.2) is 0 Å². The number of carbonyl (C=O) groups excluding carboxylic acids is 1. The molecule has 1 aliphatic heterocycles. The summed E-state index contributed by atoms with van der Waals surface area (Å²) in [7, 11) is 1.74. The fourth-order valence-electron chi connectivity index (χ4n) is 4.15. The number of hydrogen-bond donors (Lipinski definition) is 1. The Kier molecular flexibility index (Phi) is 4.68. The van der Waals surface area contributed by atoms with Crippen LogP contribution in [-0.2, 0) is 11.8 Å². The Morgan fingerprint density at radius 2 is 1.81 bits per heavy atom. The molecule has 1 saturated heterocycles. The quantitative estimate of drug-likeness (QED) is 0.520. The first kappa shape index (κ1) is 19.6. The first-order valence-electron chi connectivity index (χ1n) is 9.87. The van der Waals surface area contributed by atoms with Gasteiger partial charge in [-0.05, 0) is 30.3 Å². The van der Waals surface area contributed by atoms with Crippen LogP contribution in [0, 0.1) is 0 Å². The van der Waals surface area contributed by atoms with Crippen LogP contribution in [-0.4, -0.2) is 51.2 Å². The summed E-state index contributed by atoms with van der Waals surface area (Å²) in [5, 5.41) is 1.34. The van der Waals surface area contributed by atoms with Crippen LogP contribution < -0.4 is 11.2 Å². The molecule has 4 aromatic rings. The minimum absolute atomic E-state index is 0.230. The van der Waals surface area contributed by atoms with Crippen LogP contribution in [0.5, 0.6) is 0 Å². The molecule has 0 unspecified atom stereocenters. The molecule has 2 aromatic carbocycles. The number of fused-ring (bicyclic) bond motifs is 2. The van der Waals surface area contributed by atoms with Crippen LogP contribution in [0.3, 0.4) is 0 Å². The SMILES string of the molecule is Cn1c(C(=O)N2CCOCC2)c(-n2c(=O)[nH]c3ccccc3c2=O)c2cc(Cl)ccc21. The molecule has 158 valence electrons. The number of rotatable bonds is 2. The van der Waals surface area contributed by atoms with Gasteiger partial charge in [0.25, 0.3) is 11.5 Å². The predicted octanol–water partition coefficient (Wildman–Crippen LogP) is 2.30. The van der Waals surface area contributed by atoms with Gasteiger partial charge >= 0.3 is 5.69 Å². The summed E-state index contributed by atoms with van der Waals surface area (Å²) >= 11 is 6.25. The smallest absolute Gasteiger partial charge is 0.333 e. The first-order chi connectivity index (χ1) is 15.0. The van der Waals surface area contributed by atoms with Gasteiger partial charge in [-0.1, -0.05) is 23.7 Å². The number of carbonyl (C=O) groups is 1. The van der Waals surface area contributed by atoms with E-state index in [1.165, 1.54) is 0 Å². The topological polar surface area (TPSA) is 89.3 Å². The van der Waals surface area contributed by atoms with Crippen LogP contribution in [0.1, 0.15) is 10.5 Å². The van der Waals surface area contributed by atoms with E-state index in [4.69, 9.17) is 16.3 Å². The number of nitrogens with zero attached hydrogens (tertiary/aromatic N) is 3. The summed E-state index contributed by atoms with van der Waals surface area (Å²) in [6, 6.07) is 11.9. The van der Waals surface area contributed by atoms with E-state index in [0.717, 1.165) is 4.57 Å². The third-order valence-corrected chi connectivity index (χ3v) is 5.90. The lowest BCUT2D eigenvalue weighted by Gasteiger charge is -2.27. The lowest BCUT2D eigenvalue weighted by molar-refractivity contribution is 0.0297. The fraction of sp³-hybridized carbons (Fsp3) is 0.227. The molecule has 5 rings (SSSR count). The van der Waals surface area contributed by atoms with Crippen LogP contribution in [0.25, 0.3) is 27.5 Å². The standard InChI is InChI=1S/C22H19ClN4O4/c1-25-17-7-6-13(23)12-15(17)18(19(25)21(29)26-8-10-31-11-9-26)27-20(28)14-4-2-3-5-16(14)24-22(27)30/h2-7,12H,8-11H2,1H3,(H,24,30). The van der Waals surface area contributed by atoms with E-state index >= 15 is 0 Å². The highest BCUT2D eigenvalue weighted by molar-refractivity contribution is 6.31. The van der Waals surface area contributed by atoms with E-state index in [1.54, 1.807) is 59.0 Å². The van der Waals surface area contributed by atoms with E-state index in [9.17, 15) is 14.4 Å². The highest BCUT2D eigenvalue weighted by Crippen LogP contribution is 2.31. The second kappa shape index (κ2) is 7.40. The lowest BCUT2D eigenvalue weighted by Crippen LogP contribution is -2.42. The minimum Gasteiger partial charge on any atom is -0.378 e. The Morgan fingerprint density at radius 1 is 1.06 bits per heavy atom. The van der Waals surface area contributed by atoms with Gasteiger partial charge in [-0.25, -0.2) is 9.36 Å². The molecule has 1 fully saturated rings. The zero-order valence-electron chi connectivity index (χ0n) is 16.7. The molecule has 9 heteroatoms. The number of amides is 1. The van der Waals surface area contributed by atoms with Crippen LogP contribution in [0.15, 0.2) is 52.1 Å². The maximum atomic E-state index is 13.5. The number of ether oxygens (including phenoxy) is 1. The van der Waals surface area contributed by atoms with Crippen molar-refractivity contribution in [3.05, 3.63) is 74.0 Å². The van der Waals surface area contributed by atoms with Crippen molar-refractivity contribution in [3.63, 3.8) is 0 Å². The normalized spacial score (nSPS) is 14.5. The zero-order valence-corrected chi connectivity index (χ0v) is 17.5. The Morgan fingerprint density at radius 3 is 2.58 bits per heavy atom. The van der Waals surface area contributed by atoms with E-state index in [0.29, 0.717) is 53.1 Å². The fourth-order valence-corrected chi connectivity index (χ4v) is 4.32. The third kappa shape index (κ3) is 3.07. The molecule has 0 bridgehead atoms. The molecule has 1 aliphatic rings. The second-order valence-corrected chi connectivity index (χ2v) is 7.88. The number of halogens is 1. The molecule has 3 heterocycles. The summed E-state index contributed by atoms with van der Waals surface area (Å²) in [6.07, 6.45) is 0. The summed E-state index contributed by atoms with van der Waals surface area (Å²) in [5.74, 6) is -0.271. The molecule has 2 aromatic heterocycles. The van der Waals surface area contributed by atoms with Crippen molar-refractivity contribution in [1.82, 2.24) is 19.0 Å². The van der Waals surface area contributed by atoms with Gasteiger partial charge in [-0.3, -0.25) is 9.59 Å². The molecular formula is C22H19ClN4O4. The van der Waals surface area contributed by atoms with Gasteiger partial charge in [0, 0.05) is 30.5 Å². The molecule has 0 saturated carbocycles. The van der Waals surface area contributed by atoms with E-state index in [-0.39, 0.29) is 17.3 Å². The van der Waals surface area contributed by atoms with Gasteiger partial charge in [0.05, 0.1) is 35.3 Å². The number of morpholine rings is 1. The number of aryl methyl sites for hydroxylation is 1. The molecule has 0 radical (unpaired) electrons. The van der Waals surface area contributed by atoms with Crippen molar-refractivity contribution >= 4 is 39.3 Å². The largest absolute Gasteiger partial charge is 0.378 e. The molecule has 8 nitrogen and oxygen atoms in total. The van der Waals surface area contributed by atoms with Crippen molar-refractivity contribution in [3.8, 4) is 5.69 Å². The van der Waals surface area contributed by atoms with Gasteiger partial charge in [-0.15, -0.1) is 0 Å². The summed E-state index contributed by atoms with van der Waals surface area (Å²) in [6.45, 7) is 1.74. The van der Waals surface area contributed by atoms with Crippen molar-refractivity contribution in [2.45, 2.75) is 0 Å². The Bertz CT molecular complexity index is 1460. The molecule has 31 heavy (non-hydrogen) atoms. The van der Waals surface area contributed by atoms with Crippen molar-refractivity contribution < 1.29 is 9.53 Å². The van der Waals surface area contributed by atoms with E-state index in [1.807, 2.05) is 0 Å². The second-order valence-electron chi connectivity index (χ2n) is 7.44. The summed E-state index contributed by atoms with van der Waals surface area (Å²) in [4.78, 5) is 44.4. The number of benzene rings is 2. The van der Waals surface area contributed by atoms with Gasteiger partial charge in [0.2, 0.25) is 0 Å². The molecule has 1 amide bonds. The number of H-pyrrole nitrogens is 1. The lowest BCUT2D eigenvalue weighted by atomic mass is 10.2. The minimum atomic E-state index is -0.618. The van der Waals surface area contributed by atoms with Crippen LogP contribution >= 0.6 is 11.6 Å².